The summed E-state index contributed by atoms with van der Waals surface area (Å²) in [4.78, 5) is 18.5. The number of halogens is 1. The van der Waals surface area contributed by atoms with Crippen molar-refractivity contribution in [3.63, 3.8) is 0 Å². The van der Waals surface area contributed by atoms with Gasteiger partial charge in [-0.25, -0.2) is 0 Å². The normalized spacial score (nSPS) is 17.7. The van der Waals surface area contributed by atoms with Crippen molar-refractivity contribution in [2.24, 2.45) is 0 Å². The van der Waals surface area contributed by atoms with E-state index < -0.39 is 0 Å². The van der Waals surface area contributed by atoms with Crippen molar-refractivity contribution < 1.29 is 14.3 Å². The van der Waals surface area contributed by atoms with Gasteiger partial charge in [0, 0.05) is 23.8 Å². The van der Waals surface area contributed by atoms with Crippen LogP contribution in [0.25, 0.3) is 0 Å². The Bertz CT molecular complexity index is 433. The molecule has 0 amide bonds. The Morgan fingerprint density at radius 3 is 2.85 bits per heavy atom. The van der Waals surface area contributed by atoms with Crippen LogP contribution < -0.4 is 0 Å². The number of carbonyl (C=O) groups is 1. The Morgan fingerprint density at radius 1 is 1.50 bits per heavy atom. The number of aromatic nitrogens is 1. The van der Waals surface area contributed by atoms with Crippen molar-refractivity contribution in [1.82, 2.24) is 9.88 Å². The van der Waals surface area contributed by atoms with Crippen molar-refractivity contribution in [3.05, 3.63) is 28.5 Å². The summed E-state index contributed by atoms with van der Waals surface area (Å²) in [5.41, 5.74) is 0.892. The average Bonchev–Trinajstić information content (AvgIpc) is 2.47. The fourth-order valence-electron chi connectivity index (χ4n) is 2.27. The van der Waals surface area contributed by atoms with Crippen molar-refractivity contribution in [2.45, 2.75) is 19.4 Å². The molecule has 1 aliphatic heterocycles. The maximum Gasteiger partial charge on any atom is 0.307 e. The molecule has 0 N–H and O–H groups in total. The molecule has 20 heavy (non-hydrogen) atoms. The van der Waals surface area contributed by atoms with Crippen LogP contribution in [0.4, 0.5) is 0 Å². The third-order valence-electron chi connectivity index (χ3n) is 3.24. The third-order valence-corrected chi connectivity index (χ3v) is 3.71. The summed E-state index contributed by atoms with van der Waals surface area (Å²) in [5.74, 6) is -0.186. The van der Waals surface area contributed by atoms with Crippen LogP contribution in [0, 0.1) is 0 Å². The smallest absolute Gasteiger partial charge is 0.307 e. The number of carbonyl (C=O) groups excluding carboxylic acids is 1. The van der Waals surface area contributed by atoms with E-state index >= 15 is 0 Å². The summed E-state index contributed by atoms with van der Waals surface area (Å²) >= 11 is 3.38. The Kier molecular flexibility index (Phi) is 5.94. The van der Waals surface area contributed by atoms with Crippen LogP contribution in [0.15, 0.2) is 22.8 Å². The lowest BCUT2D eigenvalue weighted by Gasteiger charge is -2.33. The molecule has 0 aromatic carbocycles. The molecule has 1 aliphatic rings. The number of ether oxygens (including phenoxy) is 2. The van der Waals surface area contributed by atoms with Crippen LogP contribution in [0.1, 0.15) is 25.1 Å². The molecule has 0 spiro atoms. The van der Waals surface area contributed by atoms with E-state index in [-0.39, 0.29) is 12.0 Å². The molecule has 0 radical (unpaired) electrons. The number of morpholine rings is 1. The number of nitrogens with zero attached hydrogens (tertiary/aromatic N) is 2. The lowest BCUT2D eigenvalue weighted by Crippen LogP contribution is -2.40. The maximum atomic E-state index is 11.8. The summed E-state index contributed by atoms with van der Waals surface area (Å²) in [6, 6.07) is 3.84. The van der Waals surface area contributed by atoms with Gasteiger partial charge < -0.3 is 9.47 Å². The molecule has 0 saturated carbocycles. The van der Waals surface area contributed by atoms with Crippen LogP contribution in [-0.2, 0) is 14.3 Å². The van der Waals surface area contributed by atoms with Crippen LogP contribution in [0.5, 0.6) is 0 Å². The lowest BCUT2D eigenvalue weighted by atomic mass is 10.1. The Labute approximate surface area is 127 Å². The summed E-state index contributed by atoms with van der Waals surface area (Å²) < 4.78 is 11.4. The van der Waals surface area contributed by atoms with E-state index in [1.807, 2.05) is 19.1 Å². The Hall–Kier alpha value is -0.980. The standard InChI is InChI=1S/C14H19BrN2O3/c1-2-20-14(18)9-13(17-5-7-19-8-6-17)12-4-3-11(15)10-16-12/h3-4,10,13H,2,5-9H2,1H3. The topological polar surface area (TPSA) is 51.7 Å². The van der Waals surface area contributed by atoms with Gasteiger partial charge in [-0.2, -0.15) is 0 Å². The molecule has 0 bridgehead atoms. The first-order chi connectivity index (χ1) is 9.70. The van der Waals surface area contributed by atoms with Gasteiger partial charge in [0.2, 0.25) is 0 Å². The maximum absolute atomic E-state index is 11.8. The monoisotopic (exact) mass is 342 g/mol. The quantitative estimate of drug-likeness (QED) is 0.767. The van der Waals surface area contributed by atoms with Gasteiger partial charge in [0.05, 0.1) is 38.0 Å². The summed E-state index contributed by atoms with van der Waals surface area (Å²) in [6.45, 7) is 5.22. The zero-order valence-electron chi connectivity index (χ0n) is 11.5. The predicted octanol–water partition coefficient (Wildman–Crippen LogP) is 2.17. The zero-order valence-corrected chi connectivity index (χ0v) is 13.1. The van der Waals surface area contributed by atoms with Gasteiger partial charge in [-0.15, -0.1) is 0 Å². The number of pyridine rings is 1. The first-order valence-electron chi connectivity index (χ1n) is 6.79. The molecule has 6 heteroatoms. The van der Waals surface area contributed by atoms with Crippen molar-refractivity contribution in [3.8, 4) is 0 Å². The fraction of sp³-hybridized carbons (Fsp3) is 0.571. The second kappa shape index (κ2) is 7.71. The lowest BCUT2D eigenvalue weighted by molar-refractivity contribution is -0.145. The molecule has 1 aromatic rings. The summed E-state index contributed by atoms with van der Waals surface area (Å²) in [5, 5.41) is 0. The zero-order chi connectivity index (χ0) is 14.4. The molecule has 2 heterocycles. The van der Waals surface area contributed by atoms with Gasteiger partial charge in [0.15, 0.2) is 0 Å². The van der Waals surface area contributed by atoms with Crippen LogP contribution in [0.2, 0.25) is 0 Å². The van der Waals surface area contributed by atoms with E-state index in [0.717, 1.165) is 23.3 Å². The molecule has 0 aliphatic carbocycles. The summed E-state index contributed by atoms with van der Waals surface area (Å²) in [6.07, 6.45) is 2.08. The van der Waals surface area contributed by atoms with Crippen molar-refractivity contribution >= 4 is 21.9 Å². The predicted molar refractivity (Wildman–Crippen MR) is 78.3 cm³/mol. The highest BCUT2D eigenvalue weighted by molar-refractivity contribution is 9.10. The van der Waals surface area contributed by atoms with E-state index in [0.29, 0.717) is 26.2 Å². The van der Waals surface area contributed by atoms with Gasteiger partial charge in [0.1, 0.15) is 0 Å². The SMILES string of the molecule is CCOC(=O)CC(c1ccc(Br)cn1)N1CCOCC1. The van der Waals surface area contributed by atoms with E-state index in [1.54, 1.807) is 6.20 Å². The highest BCUT2D eigenvalue weighted by atomic mass is 79.9. The molecule has 1 fully saturated rings. The highest BCUT2D eigenvalue weighted by Crippen LogP contribution is 2.25. The Morgan fingerprint density at radius 2 is 2.25 bits per heavy atom. The van der Waals surface area contributed by atoms with E-state index in [4.69, 9.17) is 9.47 Å². The van der Waals surface area contributed by atoms with Crippen LogP contribution in [-0.4, -0.2) is 48.8 Å². The molecule has 1 unspecified atom stereocenters. The van der Waals surface area contributed by atoms with Gasteiger partial charge in [0.25, 0.3) is 0 Å². The highest BCUT2D eigenvalue weighted by Gasteiger charge is 2.26. The first-order valence-corrected chi connectivity index (χ1v) is 7.59. The second-order valence-electron chi connectivity index (χ2n) is 4.57. The van der Waals surface area contributed by atoms with Crippen LogP contribution in [0.3, 0.4) is 0 Å². The molecule has 1 saturated heterocycles. The van der Waals surface area contributed by atoms with E-state index in [2.05, 4.69) is 25.8 Å². The van der Waals surface area contributed by atoms with Crippen LogP contribution >= 0.6 is 15.9 Å². The van der Waals surface area contributed by atoms with E-state index in [1.165, 1.54) is 0 Å². The number of hydrogen-bond acceptors (Lipinski definition) is 5. The molecule has 1 aromatic heterocycles. The fourth-order valence-corrected chi connectivity index (χ4v) is 2.51. The molecule has 1 atom stereocenters. The molecule has 2 rings (SSSR count). The minimum Gasteiger partial charge on any atom is -0.466 e. The van der Waals surface area contributed by atoms with Gasteiger partial charge in [-0.05, 0) is 35.0 Å². The first kappa shape index (κ1) is 15.4. The van der Waals surface area contributed by atoms with Crippen molar-refractivity contribution in [1.29, 1.82) is 0 Å². The van der Waals surface area contributed by atoms with E-state index in [9.17, 15) is 4.79 Å². The Balaban J connectivity index is 2.13. The molecule has 5 nitrogen and oxygen atoms in total. The van der Waals surface area contributed by atoms with Gasteiger partial charge in [-0.3, -0.25) is 14.7 Å². The minimum absolute atomic E-state index is 0.0500. The van der Waals surface area contributed by atoms with Gasteiger partial charge in [-0.1, -0.05) is 0 Å². The third kappa shape index (κ3) is 4.26. The summed E-state index contributed by atoms with van der Waals surface area (Å²) in [7, 11) is 0. The number of rotatable bonds is 5. The molecular formula is C14H19BrN2O3. The minimum atomic E-state index is -0.186. The number of esters is 1. The molecular weight excluding hydrogens is 324 g/mol. The van der Waals surface area contributed by atoms with Crippen molar-refractivity contribution in [2.75, 3.05) is 32.9 Å². The largest absolute Gasteiger partial charge is 0.466 e. The second-order valence-corrected chi connectivity index (χ2v) is 5.49. The molecule has 110 valence electrons. The van der Waals surface area contributed by atoms with Gasteiger partial charge >= 0.3 is 5.97 Å². The average molecular weight is 343 g/mol. The number of hydrogen-bond donors (Lipinski definition) is 0.